The summed E-state index contributed by atoms with van der Waals surface area (Å²) in [5.41, 5.74) is 2.00. The lowest BCUT2D eigenvalue weighted by molar-refractivity contribution is 0.166. The molecule has 1 fully saturated rings. The van der Waals surface area contributed by atoms with Gasteiger partial charge in [0.05, 0.1) is 24.9 Å². The molecule has 1 aromatic carbocycles. The number of ether oxygens (including phenoxy) is 1. The molecule has 1 aliphatic rings. The lowest BCUT2D eigenvalue weighted by Crippen LogP contribution is -2.54. The van der Waals surface area contributed by atoms with Crippen LogP contribution in [0.4, 0.5) is 5.82 Å². The number of rotatable bonds is 5. The number of benzene rings is 1. The molecular formula is C18H22N2O2. The van der Waals surface area contributed by atoms with E-state index < -0.39 is 6.10 Å². The second-order valence-corrected chi connectivity index (χ2v) is 5.74. The van der Waals surface area contributed by atoms with E-state index >= 15 is 0 Å². The van der Waals surface area contributed by atoms with Crippen LogP contribution in [-0.4, -0.2) is 29.3 Å². The molecule has 1 saturated heterocycles. The largest absolute Gasteiger partial charge is 0.487 e. The lowest BCUT2D eigenvalue weighted by Gasteiger charge is -2.40. The van der Waals surface area contributed by atoms with E-state index in [4.69, 9.17) is 4.74 Å². The van der Waals surface area contributed by atoms with Crippen molar-refractivity contribution in [2.45, 2.75) is 32.5 Å². The fraction of sp³-hybridized carbons (Fsp3) is 0.389. The van der Waals surface area contributed by atoms with Crippen molar-refractivity contribution in [2.75, 3.05) is 18.0 Å². The number of hydrogen-bond donors (Lipinski definition) is 1. The Hall–Kier alpha value is -2.07. The molecule has 1 unspecified atom stereocenters. The monoisotopic (exact) mass is 298 g/mol. The predicted octanol–water partition coefficient (Wildman–Crippen LogP) is 2.96. The zero-order valence-corrected chi connectivity index (χ0v) is 13.1. The molecule has 1 atom stereocenters. The molecule has 0 spiro atoms. The van der Waals surface area contributed by atoms with Gasteiger partial charge in [-0.05, 0) is 43.2 Å². The summed E-state index contributed by atoms with van der Waals surface area (Å²) in [6.45, 7) is 5.53. The Morgan fingerprint density at radius 2 is 2.05 bits per heavy atom. The van der Waals surface area contributed by atoms with Crippen molar-refractivity contribution >= 4 is 5.82 Å². The van der Waals surface area contributed by atoms with Gasteiger partial charge in [-0.15, -0.1) is 0 Å². The second-order valence-electron chi connectivity index (χ2n) is 5.74. The molecular weight excluding hydrogens is 276 g/mol. The highest BCUT2D eigenvalue weighted by atomic mass is 16.5. The maximum Gasteiger partial charge on any atom is 0.134 e. The molecule has 0 saturated carbocycles. The van der Waals surface area contributed by atoms with Crippen LogP contribution in [0.1, 0.15) is 31.2 Å². The molecule has 2 heterocycles. The van der Waals surface area contributed by atoms with Crippen LogP contribution in [0, 0.1) is 0 Å². The van der Waals surface area contributed by atoms with Gasteiger partial charge in [-0.1, -0.05) is 25.1 Å². The number of aliphatic hydroxyl groups is 1. The van der Waals surface area contributed by atoms with Crippen molar-refractivity contribution in [1.82, 2.24) is 4.98 Å². The van der Waals surface area contributed by atoms with E-state index in [1.54, 1.807) is 6.92 Å². The standard InChI is InChI=1S/C18H22N2O2/c1-3-14-6-4-7-15(10-14)22-16-11-20(12-16)18-9-5-8-17(19-18)13(2)21/h4-10,13,16,21H,3,11-12H2,1-2H3. The molecule has 0 amide bonds. The number of aryl methyl sites for hydroxylation is 1. The first-order valence-corrected chi connectivity index (χ1v) is 7.81. The first kappa shape index (κ1) is 14.9. The first-order chi connectivity index (χ1) is 10.7. The zero-order chi connectivity index (χ0) is 15.5. The third kappa shape index (κ3) is 3.22. The van der Waals surface area contributed by atoms with E-state index in [2.05, 4.69) is 28.9 Å². The van der Waals surface area contributed by atoms with Gasteiger partial charge in [-0.25, -0.2) is 4.98 Å². The highest BCUT2D eigenvalue weighted by molar-refractivity contribution is 5.43. The van der Waals surface area contributed by atoms with Gasteiger partial charge in [0.15, 0.2) is 0 Å². The molecule has 0 radical (unpaired) electrons. The summed E-state index contributed by atoms with van der Waals surface area (Å²) in [5.74, 6) is 1.84. The molecule has 1 N–H and O–H groups in total. The molecule has 1 aromatic heterocycles. The van der Waals surface area contributed by atoms with E-state index in [-0.39, 0.29) is 6.10 Å². The van der Waals surface area contributed by atoms with Crippen molar-refractivity contribution in [2.24, 2.45) is 0 Å². The minimum absolute atomic E-state index is 0.198. The van der Waals surface area contributed by atoms with E-state index in [1.165, 1.54) is 5.56 Å². The Bertz CT molecular complexity index is 636. The molecule has 22 heavy (non-hydrogen) atoms. The van der Waals surface area contributed by atoms with E-state index in [0.29, 0.717) is 5.69 Å². The van der Waals surface area contributed by atoms with Crippen LogP contribution in [0.5, 0.6) is 5.75 Å². The van der Waals surface area contributed by atoms with Crippen LogP contribution in [0.25, 0.3) is 0 Å². The Balaban J connectivity index is 1.58. The van der Waals surface area contributed by atoms with Gasteiger partial charge in [0.2, 0.25) is 0 Å². The highest BCUT2D eigenvalue weighted by Crippen LogP contribution is 2.24. The molecule has 3 rings (SSSR count). The second kappa shape index (κ2) is 6.36. The van der Waals surface area contributed by atoms with Crippen molar-refractivity contribution in [3.63, 3.8) is 0 Å². The van der Waals surface area contributed by atoms with Gasteiger partial charge in [0.1, 0.15) is 17.7 Å². The van der Waals surface area contributed by atoms with E-state index in [9.17, 15) is 5.11 Å². The van der Waals surface area contributed by atoms with Crippen LogP contribution in [0.15, 0.2) is 42.5 Å². The molecule has 0 aliphatic carbocycles. The molecule has 116 valence electrons. The van der Waals surface area contributed by atoms with Gasteiger partial charge < -0.3 is 14.7 Å². The number of anilines is 1. The fourth-order valence-electron chi connectivity index (χ4n) is 2.58. The maximum atomic E-state index is 9.61. The predicted molar refractivity (Wildman–Crippen MR) is 87.3 cm³/mol. The molecule has 4 nitrogen and oxygen atoms in total. The van der Waals surface area contributed by atoms with Crippen molar-refractivity contribution in [1.29, 1.82) is 0 Å². The minimum Gasteiger partial charge on any atom is -0.487 e. The van der Waals surface area contributed by atoms with Gasteiger partial charge >= 0.3 is 0 Å². The summed E-state index contributed by atoms with van der Waals surface area (Å²) in [6, 6.07) is 14.0. The van der Waals surface area contributed by atoms with Crippen molar-refractivity contribution in [3.8, 4) is 5.75 Å². The fourth-order valence-corrected chi connectivity index (χ4v) is 2.58. The third-order valence-electron chi connectivity index (χ3n) is 3.97. The number of hydrogen-bond acceptors (Lipinski definition) is 4. The number of aromatic nitrogens is 1. The van der Waals surface area contributed by atoms with Crippen molar-refractivity contribution < 1.29 is 9.84 Å². The number of aliphatic hydroxyl groups excluding tert-OH is 1. The Kier molecular flexibility index (Phi) is 4.29. The van der Waals surface area contributed by atoms with Gasteiger partial charge in [0, 0.05) is 0 Å². The van der Waals surface area contributed by atoms with Gasteiger partial charge in [-0.2, -0.15) is 0 Å². The summed E-state index contributed by atoms with van der Waals surface area (Å²) in [6.07, 6.45) is 0.679. The first-order valence-electron chi connectivity index (χ1n) is 7.81. The Morgan fingerprint density at radius 3 is 2.77 bits per heavy atom. The van der Waals surface area contributed by atoms with Crippen LogP contribution < -0.4 is 9.64 Å². The van der Waals surface area contributed by atoms with Crippen molar-refractivity contribution in [3.05, 3.63) is 53.7 Å². The smallest absolute Gasteiger partial charge is 0.134 e. The van der Waals surface area contributed by atoms with Crippen LogP contribution in [0.3, 0.4) is 0 Å². The molecule has 0 bridgehead atoms. The van der Waals surface area contributed by atoms with Crippen LogP contribution >= 0.6 is 0 Å². The highest BCUT2D eigenvalue weighted by Gasteiger charge is 2.29. The summed E-state index contributed by atoms with van der Waals surface area (Å²) < 4.78 is 6.00. The lowest BCUT2D eigenvalue weighted by atomic mass is 10.1. The molecule has 4 heteroatoms. The average molecular weight is 298 g/mol. The number of nitrogens with zero attached hydrogens (tertiary/aromatic N) is 2. The Morgan fingerprint density at radius 1 is 1.27 bits per heavy atom. The summed E-state index contributed by atoms with van der Waals surface area (Å²) in [4.78, 5) is 6.65. The quantitative estimate of drug-likeness (QED) is 0.922. The van der Waals surface area contributed by atoms with Crippen LogP contribution in [0.2, 0.25) is 0 Å². The molecule has 1 aliphatic heterocycles. The summed E-state index contributed by atoms with van der Waals surface area (Å²) >= 11 is 0. The normalized spacial score (nSPS) is 16.2. The van der Waals surface area contributed by atoms with E-state index in [1.807, 2.05) is 30.3 Å². The van der Waals surface area contributed by atoms with Gasteiger partial charge in [-0.3, -0.25) is 0 Å². The van der Waals surface area contributed by atoms with Gasteiger partial charge in [0.25, 0.3) is 0 Å². The number of pyridine rings is 1. The topological polar surface area (TPSA) is 45.6 Å². The zero-order valence-electron chi connectivity index (χ0n) is 13.1. The van der Waals surface area contributed by atoms with E-state index in [0.717, 1.165) is 31.1 Å². The average Bonchev–Trinajstić information content (AvgIpc) is 2.50. The molecule has 2 aromatic rings. The Labute approximate surface area is 131 Å². The SMILES string of the molecule is CCc1cccc(OC2CN(c3cccc(C(C)O)n3)C2)c1. The third-order valence-corrected chi connectivity index (χ3v) is 3.97. The summed E-state index contributed by atoms with van der Waals surface area (Å²) in [7, 11) is 0. The van der Waals surface area contributed by atoms with Crippen LogP contribution in [-0.2, 0) is 6.42 Å². The summed E-state index contributed by atoms with van der Waals surface area (Å²) in [5, 5.41) is 9.61. The minimum atomic E-state index is -0.537. The maximum absolute atomic E-state index is 9.61.